The Kier molecular flexibility index (Phi) is 4.96. The molecule has 1 aliphatic rings. The quantitative estimate of drug-likeness (QED) is 0.603. The molecule has 0 amide bonds. The molecule has 2 atom stereocenters. The lowest BCUT2D eigenvalue weighted by atomic mass is 10.2. The first-order valence-corrected chi connectivity index (χ1v) is 6.45. The lowest BCUT2D eigenvalue weighted by Gasteiger charge is -2.16. The van der Waals surface area contributed by atoms with E-state index in [2.05, 4.69) is 35.2 Å². The average molecular weight is 275 g/mol. The Balaban J connectivity index is 1.97. The standard InChI is InChI=1S/C14H17N3O3/c1-2-3-4-5-10-6-8-11(9-7-10)20-13-12(14(18)19)15-17-16-13/h6-9,12-13,15-17H,2-3H2,1H3,(H,18,19). The van der Waals surface area contributed by atoms with Crippen molar-refractivity contribution in [3.63, 3.8) is 0 Å². The highest BCUT2D eigenvalue weighted by Gasteiger charge is 2.34. The molecule has 1 aromatic carbocycles. The van der Waals surface area contributed by atoms with Crippen LogP contribution >= 0.6 is 0 Å². The fraction of sp³-hybridized carbons (Fsp3) is 0.357. The van der Waals surface area contributed by atoms with Crippen LogP contribution in [0.15, 0.2) is 24.3 Å². The molecule has 0 bridgehead atoms. The number of hydrogen-bond donors (Lipinski definition) is 4. The summed E-state index contributed by atoms with van der Waals surface area (Å²) in [7, 11) is 0. The molecule has 2 rings (SSSR count). The van der Waals surface area contributed by atoms with Crippen molar-refractivity contribution >= 4 is 5.97 Å². The van der Waals surface area contributed by atoms with Crippen LogP contribution in [0.4, 0.5) is 0 Å². The first-order valence-electron chi connectivity index (χ1n) is 6.45. The molecule has 1 saturated heterocycles. The molecule has 20 heavy (non-hydrogen) atoms. The molecule has 1 aliphatic heterocycles. The highest BCUT2D eigenvalue weighted by molar-refractivity contribution is 5.74. The van der Waals surface area contributed by atoms with Gasteiger partial charge in [0.2, 0.25) is 0 Å². The highest BCUT2D eigenvalue weighted by Crippen LogP contribution is 2.14. The van der Waals surface area contributed by atoms with Crippen LogP contribution in [0.25, 0.3) is 0 Å². The van der Waals surface area contributed by atoms with Crippen molar-refractivity contribution in [2.75, 3.05) is 0 Å². The van der Waals surface area contributed by atoms with Gasteiger partial charge in [0.1, 0.15) is 5.75 Å². The number of aliphatic carboxylic acids is 1. The topological polar surface area (TPSA) is 82.6 Å². The van der Waals surface area contributed by atoms with Crippen molar-refractivity contribution < 1.29 is 14.6 Å². The number of rotatable bonds is 4. The molecule has 106 valence electrons. The number of unbranched alkanes of at least 4 members (excludes halogenated alkanes) is 1. The maximum atomic E-state index is 11.0. The van der Waals surface area contributed by atoms with Gasteiger partial charge in [-0.2, -0.15) is 5.53 Å². The zero-order chi connectivity index (χ0) is 14.4. The summed E-state index contributed by atoms with van der Waals surface area (Å²) < 4.78 is 5.56. The summed E-state index contributed by atoms with van der Waals surface area (Å²) in [5.74, 6) is 5.71. The molecular weight excluding hydrogens is 258 g/mol. The zero-order valence-corrected chi connectivity index (χ0v) is 11.1. The number of hydrogen-bond acceptors (Lipinski definition) is 5. The molecule has 0 spiro atoms. The van der Waals surface area contributed by atoms with Gasteiger partial charge in [-0.3, -0.25) is 4.79 Å². The Morgan fingerprint density at radius 1 is 1.35 bits per heavy atom. The lowest BCUT2D eigenvalue weighted by molar-refractivity contribution is -0.141. The van der Waals surface area contributed by atoms with Crippen molar-refractivity contribution in [3.8, 4) is 17.6 Å². The Morgan fingerprint density at radius 2 is 2.10 bits per heavy atom. The van der Waals surface area contributed by atoms with Crippen molar-refractivity contribution in [2.24, 2.45) is 0 Å². The smallest absolute Gasteiger partial charge is 0.327 e. The fourth-order valence-corrected chi connectivity index (χ4v) is 1.69. The van der Waals surface area contributed by atoms with E-state index in [1.165, 1.54) is 0 Å². The maximum Gasteiger partial charge on any atom is 0.327 e. The van der Waals surface area contributed by atoms with E-state index in [0.29, 0.717) is 5.75 Å². The first-order chi connectivity index (χ1) is 9.70. The van der Waals surface area contributed by atoms with E-state index in [0.717, 1.165) is 18.4 Å². The van der Waals surface area contributed by atoms with Crippen molar-refractivity contribution in [3.05, 3.63) is 29.8 Å². The zero-order valence-electron chi connectivity index (χ0n) is 11.1. The highest BCUT2D eigenvalue weighted by atomic mass is 16.5. The van der Waals surface area contributed by atoms with Crippen LogP contribution in [0.3, 0.4) is 0 Å². The largest absolute Gasteiger partial charge is 0.480 e. The van der Waals surface area contributed by atoms with Gasteiger partial charge in [0.05, 0.1) is 0 Å². The van der Waals surface area contributed by atoms with Crippen LogP contribution in [0.5, 0.6) is 5.75 Å². The molecule has 0 saturated carbocycles. The molecule has 1 fully saturated rings. The normalized spacial score (nSPS) is 21.1. The molecule has 6 nitrogen and oxygen atoms in total. The van der Waals surface area contributed by atoms with E-state index in [1.807, 2.05) is 12.1 Å². The number of nitrogens with one attached hydrogen (secondary N) is 3. The molecule has 1 heterocycles. The third kappa shape index (κ3) is 3.71. The molecule has 6 heteroatoms. The number of hydrazine groups is 2. The molecule has 0 radical (unpaired) electrons. The fourth-order valence-electron chi connectivity index (χ4n) is 1.69. The van der Waals surface area contributed by atoms with E-state index in [-0.39, 0.29) is 0 Å². The van der Waals surface area contributed by atoms with Crippen LogP contribution in [-0.2, 0) is 4.79 Å². The second-order valence-electron chi connectivity index (χ2n) is 4.34. The van der Waals surface area contributed by atoms with Crippen molar-refractivity contribution in [1.82, 2.24) is 16.4 Å². The Bertz CT molecular complexity index is 519. The second kappa shape index (κ2) is 6.91. The second-order valence-corrected chi connectivity index (χ2v) is 4.34. The SMILES string of the molecule is CCCC#Cc1ccc(OC2NNNC2C(=O)O)cc1. The first kappa shape index (κ1) is 14.3. The predicted molar refractivity (Wildman–Crippen MR) is 73.5 cm³/mol. The van der Waals surface area contributed by atoms with E-state index in [9.17, 15) is 4.79 Å². The Labute approximate surface area is 117 Å². The summed E-state index contributed by atoms with van der Waals surface area (Å²) >= 11 is 0. The summed E-state index contributed by atoms with van der Waals surface area (Å²) in [6.07, 6.45) is 1.24. The predicted octanol–water partition coefficient (Wildman–Crippen LogP) is 0.609. The van der Waals surface area contributed by atoms with Crippen LogP contribution in [0.1, 0.15) is 25.3 Å². The minimum atomic E-state index is -0.991. The molecule has 4 N–H and O–H groups in total. The number of carboxylic acid groups (broad SMARTS) is 1. The third-order valence-corrected chi connectivity index (χ3v) is 2.74. The minimum Gasteiger partial charge on any atom is -0.480 e. The number of ether oxygens (including phenoxy) is 1. The lowest BCUT2D eigenvalue weighted by Crippen LogP contribution is -2.44. The molecular formula is C14H17N3O3. The van der Waals surface area contributed by atoms with Gasteiger partial charge < -0.3 is 9.84 Å². The van der Waals surface area contributed by atoms with Crippen molar-refractivity contribution in [1.29, 1.82) is 0 Å². The van der Waals surface area contributed by atoms with E-state index in [1.54, 1.807) is 12.1 Å². The van der Waals surface area contributed by atoms with Gasteiger partial charge in [0.15, 0.2) is 12.3 Å². The van der Waals surface area contributed by atoms with Gasteiger partial charge in [-0.1, -0.05) is 18.8 Å². The van der Waals surface area contributed by atoms with E-state index < -0.39 is 18.2 Å². The van der Waals surface area contributed by atoms with Crippen molar-refractivity contribution in [2.45, 2.75) is 32.0 Å². The van der Waals surface area contributed by atoms with Crippen LogP contribution in [-0.4, -0.2) is 23.3 Å². The van der Waals surface area contributed by atoms with Crippen LogP contribution < -0.4 is 21.1 Å². The summed E-state index contributed by atoms with van der Waals surface area (Å²) in [5.41, 5.74) is 8.72. The van der Waals surface area contributed by atoms with Gasteiger partial charge in [-0.25, -0.2) is 10.9 Å². The molecule has 0 aliphatic carbocycles. The van der Waals surface area contributed by atoms with Gasteiger partial charge in [-0.05, 0) is 30.7 Å². The van der Waals surface area contributed by atoms with Crippen LogP contribution in [0, 0.1) is 11.8 Å². The number of carbonyl (C=O) groups is 1. The minimum absolute atomic E-state index is 0.584. The van der Waals surface area contributed by atoms with E-state index >= 15 is 0 Å². The van der Waals surface area contributed by atoms with Gasteiger partial charge in [0, 0.05) is 12.0 Å². The summed E-state index contributed by atoms with van der Waals surface area (Å²) in [4.78, 5) is 11.0. The monoisotopic (exact) mass is 275 g/mol. The number of carboxylic acids is 1. The Morgan fingerprint density at radius 3 is 2.75 bits per heavy atom. The Hall–Kier alpha value is -2.07. The number of benzene rings is 1. The van der Waals surface area contributed by atoms with E-state index in [4.69, 9.17) is 9.84 Å². The molecule has 1 aromatic rings. The molecule has 2 unspecified atom stereocenters. The summed E-state index contributed by atoms with van der Waals surface area (Å²) in [6, 6.07) is 6.40. The summed E-state index contributed by atoms with van der Waals surface area (Å²) in [5, 5.41) is 8.99. The van der Waals surface area contributed by atoms with Gasteiger partial charge >= 0.3 is 5.97 Å². The van der Waals surface area contributed by atoms with Gasteiger partial charge in [0.25, 0.3) is 0 Å². The summed E-state index contributed by atoms with van der Waals surface area (Å²) in [6.45, 7) is 2.08. The average Bonchev–Trinajstić information content (AvgIpc) is 2.89. The van der Waals surface area contributed by atoms with Gasteiger partial charge in [-0.15, -0.1) is 0 Å². The van der Waals surface area contributed by atoms with Crippen LogP contribution in [0.2, 0.25) is 0 Å². The third-order valence-electron chi connectivity index (χ3n) is 2.74. The maximum absolute atomic E-state index is 11.0. The molecule has 0 aromatic heterocycles.